The number of hydrogen-bond acceptors (Lipinski definition) is 5. The van der Waals surface area contributed by atoms with Gasteiger partial charge in [0.1, 0.15) is 6.10 Å². The standard InChI is InChI=1S/C14H19N3O2/c1-3-16-8-12(18)14-13(9(2)17-19-14)10-6-4-5-7-11(10)15/h4-7,12,16,18H,3,8,15H2,1-2H3. The number of nitrogen functional groups attached to an aromatic ring is 1. The average Bonchev–Trinajstić information content (AvgIpc) is 2.78. The van der Waals surface area contributed by atoms with Crippen LogP contribution in [0.3, 0.4) is 0 Å². The number of para-hydroxylation sites is 1. The highest BCUT2D eigenvalue weighted by Crippen LogP contribution is 2.34. The number of nitrogens with zero attached hydrogens (tertiary/aromatic N) is 1. The molecule has 0 spiro atoms. The van der Waals surface area contributed by atoms with E-state index in [1.54, 1.807) is 0 Å². The fourth-order valence-corrected chi connectivity index (χ4v) is 2.04. The molecule has 0 fully saturated rings. The maximum Gasteiger partial charge on any atom is 0.174 e. The van der Waals surface area contributed by atoms with Crippen LogP contribution in [-0.4, -0.2) is 23.4 Å². The summed E-state index contributed by atoms with van der Waals surface area (Å²) < 4.78 is 5.27. The third-order valence-corrected chi connectivity index (χ3v) is 3.01. The molecule has 1 heterocycles. The lowest BCUT2D eigenvalue weighted by Gasteiger charge is -2.11. The molecule has 1 aromatic carbocycles. The second-order valence-corrected chi connectivity index (χ2v) is 4.42. The molecule has 0 aliphatic heterocycles. The molecule has 1 aromatic heterocycles. The molecule has 0 radical (unpaired) electrons. The highest BCUT2D eigenvalue weighted by molar-refractivity contribution is 5.79. The molecular weight excluding hydrogens is 242 g/mol. The summed E-state index contributed by atoms with van der Waals surface area (Å²) in [6, 6.07) is 7.50. The zero-order valence-electron chi connectivity index (χ0n) is 11.2. The largest absolute Gasteiger partial charge is 0.398 e. The van der Waals surface area contributed by atoms with Gasteiger partial charge < -0.3 is 20.7 Å². The van der Waals surface area contributed by atoms with Gasteiger partial charge in [0, 0.05) is 17.8 Å². The molecule has 0 aliphatic carbocycles. The maximum atomic E-state index is 10.2. The Labute approximate surface area is 112 Å². The van der Waals surface area contributed by atoms with Crippen LogP contribution in [0.25, 0.3) is 11.1 Å². The highest BCUT2D eigenvalue weighted by Gasteiger charge is 2.22. The lowest BCUT2D eigenvalue weighted by Crippen LogP contribution is -2.21. The lowest BCUT2D eigenvalue weighted by atomic mass is 10.00. The van der Waals surface area contributed by atoms with Crippen molar-refractivity contribution in [1.82, 2.24) is 10.5 Å². The fraction of sp³-hybridized carbons (Fsp3) is 0.357. The molecule has 102 valence electrons. The summed E-state index contributed by atoms with van der Waals surface area (Å²) in [5.41, 5.74) is 8.97. The van der Waals surface area contributed by atoms with Gasteiger partial charge in [-0.1, -0.05) is 30.3 Å². The van der Waals surface area contributed by atoms with E-state index in [0.717, 1.165) is 23.4 Å². The van der Waals surface area contributed by atoms with Crippen molar-refractivity contribution in [2.24, 2.45) is 0 Å². The Balaban J connectivity index is 2.41. The molecule has 0 saturated carbocycles. The quantitative estimate of drug-likeness (QED) is 0.716. The first-order chi connectivity index (χ1) is 9.15. The minimum absolute atomic E-state index is 0.421. The first kappa shape index (κ1) is 13.6. The van der Waals surface area contributed by atoms with Crippen LogP contribution in [0.2, 0.25) is 0 Å². The first-order valence-corrected chi connectivity index (χ1v) is 6.35. The molecule has 5 heteroatoms. The van der Waals surface area contributed by atoms with Crippen LogP contribution in [0.5, 0.6) is 0 Å². The summed E-state index contributed by atoms with van der Waals surface area (Å²) >= 11 is 0. The Bertz CT molecular complexity index is 551. The minimum atomic E-state index is -0.740. The molecule has 5 nitrogen and oxygen atoms in total. The zero-order valence-corrected chi connectivity index (χ0v) is 11.2. The van der Waals surface area contributed by atoms with Crippen molar-refractivity contribution in [2.45, 2.75) is 20.0 Å². The van der Waals surface area contributed by atoms with Crippen molar-refractivity contribution in [1.29, 1.82) is 0 Å². The molecule has 4 N–H and O–H groups in total. The first-order valence-electron chi connectivity index (χ1n) is 6.35. The van der Waals surface area contributed by atoms with Gasteiger partial charge in [0.05, 0.1) is 11.3 Å². The number of rotatable bonds is 5. The Hall–Kier alpha value is -1.85. The fourth-order valence-electron chi connectivity index (χ4n) is 2.04. The molecule has 19 heavy (non-hydrogen) atoms. The van der Waals surface area contributed by atoms with Gasteiger partial charge in [0.15, 0.2) is 5.76 Å². The highest BCUT2D eigenvalue weighted by atomic mass is 16.5. The van der Waals surface area contributed by atoms with E-state index in [9.17, 15) is 5.11 Å². The summed E-state index contributed by atoms with van der Waals surface area (Å²) in [6.45, 7) is 5.03. The maximum absolute atomic E-state index is 10.2. The number of nitrogens with two attached hydrogens (primary N) is 1. The van der Waals surface area contributed by atoms with Gasteiger partial charge in [-0.15, -0.1) is 0 Å². The molecule has 1 unspecified atom stereocenters. The molecule has 0 aliphatic rings. The summed E-state index contributed by atoms with van der Waals surface area (Å²) in [4.78, 5) is 0. The van der Waals surface area contributed by atoms with E-state index in [2.05, 4.69) is 10.5 Å². The Morgan fingerprint density at radius 1 is 1.42 bits per heavy atom. The Morgan fingerprint density at radius 2 is 2.16 bits per heavy atom. The summed E-state index contributed by atoms with van der Waals surface area (Å²) in [5.74, 6) is 0.455. The van der Waals surface area contributed by atoms with Gasteiger partial charge in [-0.25, -0.2) is 0 Å². The van der Waals surface area contributed by atoms with Crippen LogP contribution < -0.4 is 11.1 Å². The summed E-state index contributed by atoms with van der Waals surface area (Å²) in [7, 11) is 0. The van der Waals surface area contributed by atoms with Gasteiger partial charge in [-0.2, -0.15) is 0 Å². The lowest BCUT2D eigenvalue weighted by molar-refractivity contribution is 0.139. The van der Waals surface area contributed by atoms with Crippen LogP contribution in [0, 0.1) is 6.92 Å². The van der Waals surface area contributed by atoms with Crippen molar-refractivity contribution >= 4 is 5.69 Å². The van der Waals surface area contributed by atoms with Crippen LogP contribution >= 0.6 is 0 Å². The van der Waals surface area contributed by atoms with E-state index in [4.69, 9.17) is 10.3 Å². The monoisotopic (exact) mass is 261 g/mol. The second-order valence-electron chi connectivity index (χ2n) is 4.42. The molecule has 1 atom stereocenters. The molecule has 0 bridgehead atoms. The van der Waals surface area contributed by atoms with Gasteiger partial charge in [0.25, 0.3) is 0 Å². The van der Waals surface area contributed by atoms with Gasteiger partial charge in [0.2, 0.25) is 0 Å². The van der Waals surface area contributed by atoms with Gasteiger partial charge in [-0.3, -0.25) is 0 Å². The van der Waals surface area contributed by atoms with Crippen molar-refractivity contribution < 1.29 is 9.63 Å². The zero-order chi connectivity index (χ0) is 13.8. The van der Waals surface area contributed by atoms with Crippen LogP contribution in [0.1, 0.15) is 24.5 Å². The van der Waals surface area contributed by atoms with E-state index >= 15 is 0 Å². The molecule has 0 saturated heterocycles. The van der Waals surface area contributed by atoms with Crippen LogP contribution in [0.4, 0.5) is 5.69 Å². The van der Waals surface area contributed by atoms with E-state index < -0.39 is 6.10 Å². The number of hydrogen-bond donors (Lipinski definition) is 3. The minimum Gasteiger partial charge on any atom is -0.398 e. The number of likely N-dealkylation sites (N-methyl/N-ethyl adjacent to an activating group) is 1. The third-order valence-electron chi connectivity index (χ3n) is 3.01. The van der Waals surface area contributed by atoms with E-state index in [-0.39, 0.29) is 0 Å². The van der Waals surface area contributed by atoms with Crippen molar-refractivity contribution in [3.8, 4) is 11.1 Å². The molecule has 2 aromatic rings. The Kier molecular flexibility index (Phi) is 4.19. The van der Waals surface area contributed by atoms with Crippen molar-refractivity contribution in [3.05, 3.63) is 35.7 Å². The molecular formula is C14H19N3O2. The topological polar surface area (TPSA) is 84.3 Å². The smallest absolute Gasteiger partial charge is 0.174 e. The number of benzene rings is 1. The van der Waals surface area contributed by atoms with Gasteiger partial charge >= 0.3 is 0 Å². The number of anilines is 1. The second kappa shape index (κ2) is 5.86. The van der Waals surface area contributed by atoms with E-state index in [1.807, 2.05) is 38.1 Å². The number of aryl methyl sites for hydroxylation is 1. The van der Waals surface area contributed by atoms with Crippen LogP contribution in [-0.2, 0) is 0 Å². The van der Waals surface area contributed by atoms with E-state index in [0.29, 0.717) is 18.0 Å². The SMILES string of the molecule is CCNCC(O)c1onc(C)c1-c1ccccc1N. The number of aliphatic hydroxyl groups excluding tert-OH is 1. The predicted molar refractivity (Wildman–Crippen MR) is 74.6 cm³/mol. The number of aliphatic hydroxyl groups is 1. The molecule has 2 rings (SSSR count). The van der Waals surface area contributed by atoms with Gasteiger partial charge in [-0.05, 0) is 19.5 Å². The van der Waals surface area contributed by atoms with E-state index in [1.165, 1.54) is 0 Å². The van der Waals surface area contributed by atoms with Crippen molar-refractivity contribution in [2.75, 3.05) is 18.8 Å². The predicted octanol–water partition coefficient (Wildman–Crippen LogP) is 1.88. The number of nitrogens with one attached hydrogen (secondary N) is 1. The summed E-state index contributed by atoms with van der Waals surface area (Å²) in [6.07, 6.45) is -0.740. The third kappa shape index (κ3) is 2.77. The van der Waals surface area contributed by atoms with Crippen LogP contribution in [0.15, 0.2) is 28.8 Å². The summed E-state index contributed by atoms with van der Waals surface area (Å²) in [5, 5.41) is 17.2. The number of aromatic nitrogens is 1. The molecule has 0 amide bonds. The Morgan fingerprint density at radius 3 is 2.84 bits per heavy atom. The normalized spacial score (nSPS) is 12.6. The van der Waals surface area contributed by atoms with Crippen molar-refractivity contribution in [3.63, 3.8) is 0 Å². The average molecular weight is 261 g/mol.